The second-order valence-electron chi connectivity index (χ2n) is 7.45. The fraction of sp³-hybridized carbons (Fsp3) is 0.208. The SMILES string of the molecule is Cc1cccc(NC(=O)N(Cc2ccccc2)Cc2ccc(OS(C)(=O)=O)cc2)c1C. The van der Waals surface area contributed by atoms with E-state index in [-0.39, 0.29) is 11.8 Å². The first-order valence-corrected chi connectivity index (χ1v) is 11.7. The molecule has 0 aliphatic rings. The molecule has 0 saturated carbocycles. The van der Waals surface area contributed by atoms with E-state index in [1.807, 2.05) is 62.4 Å². The Morgan fingerprint density at radius 3 is 2.10 bits per heavy atom. The van der Waals surface area contributed by atoms with Crippen molar-refractivity contribution >= 4 is 21.8 Å². The Labute approximate surface area is 183 Å². The summed E-state index contributed by atoms with van der Waals surface area (Å²) in [7, 11) is -3.58. The van der Waals surface area contributed by atoms with Gasteiger partial charge in [-0.25, -0.2) is 4.79 Å². The van der Waals surface area contributed by atoms with E-state index in [4.69, 9.17) is 4.18 Å². The van der Waals surface area contributed by atoms with Gasteiger partial charge >= 0.3 is 16.1 Å². The zero-order chi connectivity index (χ0) is 22.4. The molecule has 162 valence electrons. The molecule has 0 bridgehead atoms. The zero-order valence-electron chi connectivity index (χ0n) is 17.8. The third-order valence-electron chi connectivity index (χ3n) is 4.89. The van der Waals surface area contributed by atoms with Crippen molar-refractivity contribution in [1.29, 1.82) is 0 Å². The Balaban J connectivity index is 1.80. The second-order valence-corrected chi connectivity index (χ2v) is 9.03. The van der Waals surface area contributed by atoms with E-state index in [2.05, 4.69) is 5.32 Å². The van der Waals surface area contributed by atoms with Crippen molar-refractivity contribution in [3.05, 3.63) is 95.1 Å². The number of urea groups is 1. The van der Waals surface area contributed by atoms with Crippen molar-refractivity contribution in [2.24, 2.45) is 0 Å². The summed E-state index contributed by atoms with van der Waals surface area (Å²) in [6, 6.07) is 22.0. The summed E-state index contributed by atoms with van der Waals surface area (Å²) in [5, 5.41) is 3.02. The lowest BCUT2D eigenvalue weighted by molar-refractivity contribution is 0.206. The molecule has 0 spiro atoms. The standard InChI is InChI=1S/C24H26N2O4S/c1-18-8-7-11-23(19(18)2)25-24(27)26(16-20-9-5-4-6-10-20)17-21-12-14-22(15-13-21)30-31(3,28)29/h4-15H,16-17H2,1-3H3,(H,25,27). The van der Waals surface area contributed by atoms with Crippen LogP contribution in [0.1, 0.15) is 22.3 Å². The minimum atomic E-state index is -3.58. The number of hydrogen-bond acceptors (Lipinski definition) is 4. The first kappa shape index (κ1) is 22.4. The van der Waals surface area contributed by atoms with Crippen molar-refractivity contribution in [3.63, 3.8) is 0 Å². The minimum Gasteiger partial charge on any atom is -0.383 e. The molecule has 0 heterocycles. The van der Waals surface area contributed by atoms with Gasteiger partial charge in [0.1, 0.15) is 5.75 Å². The third kappa shape index (κ3) is 6.58. The number of hydrogen-bond donors (Lipinski definition) is 1. The largest absolute Gasteiger partial charge is 0.383 e. The van der Waals surface area contributed by atoms with Crippen LogP contribution >= 0.6 is 0 Å². The predicted octanol–water partition coefficient (Wildman–Crippen LogP) is 4.88. The van der Waals surface area contributed by atoms with Gasteiger partial charge in [-0.15, -0.1) is 0 Å². The number of carbonyl (C=O) groups excluding carboxylic acids is 1. The molecule has 3 rings (SSSR count). The minimum absolute atomic E-state index is 0.214. The van der Waals surface area contributed by atoms with Gasteiger partial charge < -0.3 is 14.4 Å². The van der Waals surface area contributed by atoms with Gasteiger partial charge in [-0.3, -0.25) is 0 Å². The number of carbonyl (C=O) groups is 1. The molecule has 3 aromatic carbocycles. The Morgan fingerprint density at radius 2 is 1.48 bits per heavy atom. The molecule has 0 radical (unpaired) electrons. The first-order valence-electron chi connectivity index (χ1n) is 9.86. The fourth-order valence-electron chi connectivity index (χ4n) is 3.13. The third-order valence-corrected chi connectivity index (χ3v) is 5.39. The van der Waals surface area contributed by atoms with Crippen LogP contribution < -0.4 is 9.50 Å². The summed E-state index contributed by atoms with van der Waals surface area (Å²) >= 11 is 0. The zero-order valence-corrected chi connectivity index (χ0v) is 18.6. The highest BCUT2D eigenvalue weighted by Crippen LogP contribution is 2.21. The normalized spacial score (nSPS) is 11.1. The molecular formula is C24H26N2O4S. The van der Waals surface area contributed by atoms with Crippen LogP contribution in [0.15, 0.2) is 72.8 Å². The van der Waals surface area contributed by atoms with Crippen LogP contribution in [-0.2, 0) is 23.2 Å². The Morgan fingerprint density at radius 1 is 0.871 bits per heavy atom. The van der Waals surface area contributed by atoms with Crippen molar-refractivity contribution in [2.75, 3.05) is 11.6 Å². The van der Waals surface area contributed by atoms with E-state index in [1.54, 1.807) is 29.2 Å². The van der Waals surface area contributed by atoms with Crippen LogP contribution in [0.4, 0.5) is 10.5 Å². The van der Waals surface area contributed by atoms with E-state index in [9.17, 15) is 13.2 Å². The summed E-state index contributed by atoms with van der Waals surface area (Å²) in [5.74, 6) is 0.237. The van der Waals surface area contributed by atoms with Gasteiger partial charge in [-0.2, -0.15) is 8.42 Å². The van der Waals surface area contributed by atoms with E-state index < -0.39 is 10.1 Å². The number of rotatable bonds is 7. The number of nitrogens with zero attached hydrogens (tertiary/aromatic N) is 1. The monoisotopic (exact) mass is 438 g/mol. The van der Waals surface area contributed by atoms with Gasteiger partial charge in [0, 0.05) is 18.8 Å². The average molecular weight is 439 g/mol. The van der Waals surface area contributed by atoms with Crippen LogP contribution in [0.25, 0.3) is 0 Å². The number of nitrogens with one attached hydrogen (secondary N) is 1. The van der Waals surface area contributed by atoms with Gasteiger partial charge in [0.15, 0.2) is 0 Å². The summed E-state index contributed by atoms with van der Waals surface area (Å²) in [4.78, 5) is 14.9. The van der Waals surface area contributed by atoms with Crippen molar-refractivity contribution in [3.8, 4) is 5.75 Å². The highest BCUT2D eigenvalue weighted by molar-refractivity contribution is 7.86. The summed E-state index contributed by atoms with van der Waals surface area (Å²) < 4.78 is 27.5. The molecule has 3 aromatic rings. The molecule has 0 aliphatic carbocycles. The maximum absolute atomic E-state index is 13.2. The highest BCUT2D eigenvalue weighted by atomic mass is 32.2. The van der Waals surface area contributed by atoms with Crippen molar-refractivity contribution in [2.45, 2.75) is 26.9 Å². The molecule has 1 N–H and O–H groups in total. The Hall–Kier alpha value is -3.32. The molecule has 7 heteroatoms. The van der Waals surface area contributed by atoms with E-state index in [0.717, 1.165) is 34.2 Å². The Kier molecular flexibility index (Phi) is 6.97. The maximum atomic E-state index is 13.2. The second kappa shape index (κ2) is 9.66. The first-order chi connectivity index (χ1) is 14.7. The summed E-state index contributed by atoms with van der Waals surface area (Å²) in [6.07, 6.45) is 1.00. The van der Waals surface area contributed by atoms with Crippen LogP contribution in [0.5, 0.6) is 5.75 Å². The summed E-state index contributed by atoms with van der Waals surface area (Å²) in [6.45, 7) is 4.77. The average Bonchev–Trinajstić information content (AvgIpc) is 2.72. The van der Waals surface area contributed by atoms with Gasteiger partial charge in [0.2, 0.25) is 0 Å². The van der Waals surface area contributed by atoms with E-state index >= 15 is 0 Å². The van der Waals surface area contributed by atoms with Crippen LogP contribution in [0, 0.1) is 13.8 Å². The molecule has 0 aliphatic heterocycles. The maximum Gasteiger partial charge on any atom is 0.322 e. The van der Waals surface area contributed by atoms with Gasteiger partial charge in [0.25, 0.3) is 0 Å². The molecule has 0 unspecified atom stereocenters. The van der Waals surface area contributed by atoms with Crippen LogP contribution in [0.3, 0.4) is 0 Å². The van der Waals surface area contributed by atoms with Crippen molar-refractivity contribution < 1.29 is 17.4 Å². The van der Waals surface area contributed by atoms with Gasteiger partial charge in [-0.1, -0.05) is 54.6 Å². The molecule has 0 aromatic heterocycles. The van der Waals surface area contributed by atoms with E-state index in [1.165, 1.54) is 0 Å². The topological polar surface area (TPSA) is 75.7 Å². The molecule has 0 saturated heterocycles. The lowest BCUT2D eigenvalue weighted by Gasteiger charge is -2.24. The molecule has 0 atom stereocenters. The van der Waals surface area contributed by atoms with Crippen molar-refractivity contribution in [1.82, 2.24) is 4.90 Å². The smallest absolute Gasteiger partial charge is 0.322 e. The predicted molar refractivity (Wildman–Crippen MR) is 123 cm³/mol. The number of aryl methyl sites for hydroxylation is 1. The fourth-order valence-corrected chi connectivity index (χ4v) is 3.59. The van der Waals surface area contributed by atoms with Gasteiger partial charge in [0.05, 0.1) is 6.26 Å². The molecule has 6 nitrogen and oxygen atoms in total. The van der Waals surface area contributed by atoms with E-state index in [0.29, 0.717) is 13.1 Å². The lowest BCUT2D eigenvalue weighted by Crippen LogP contribution is -2.34. The van der Waals surface area contributed by atoms with Gasteiger partial charge in [-0.05, 0) is 54.3 Å². The number of amides is 2. The Bertz CT molecular complexity index is 1140. The van der Waals surface area contributed by atoms with Crippen LogP contribution in [-0.4, -0.2) is 25.6 Å². The lowest BCUT2D eigenvalue weighted by atomic mass is 10.1. The molecule has 2 amide bonds. The number of anilines is 1. The molecular weight excluding hydrogens is 412 g/mol. The summed E-state index contributed by atoms with van der Waals surface area (Å²) in [5.41, 5.74) is 4.77. The quantitative estimate of drug-likeness (QED) is 0.534. The molecule has 31 heavy (non-hydrogen) atoms. The van der Waals surface area contributed by atoms with Crippen LogP contribution in [0.2, 0.25) is 0 Å². The number of benzene rings is 3. The highest BCUT2D eigenvalue weighted by Gasteiger charge is 2.16. The molecule has 0 fully saturated rings.